The minimum Gasteiger partial charge on any atom is -0.486 e. The van der Waals surface area contributed by atoms with Gasteiger partial charge in [-0.3, -0.25) is 4.79 Å². The molecule has 1 heterocycles. The van der Waals surface area contributed by atoms with Crippen molar-refractivity contribution in [1.82, 2.24) is 14.8 Å². The summed E-state index contributed by atoms with van der Waals surface area (Å²) in [5.41, 5.74) is 0.746. The van der Waals surface area contributed by atoms with Crippen LogP contribution in [0.25, 0.3) is 0 Å². The van der Waals surface area contributed by atoms with E-state index < -0.39 is 5.97 Å². The average Bonchev–Trinajstić information content (AvgIpc) is 2.86. The van der Waals surface area contributed by atoms with Gasteiger partial charge in [0.1, 0.15) is 18.7 Å². The Kier molecular flexibility index (Phi) is 4.34. The minimum atomic E-state index is -0.844. The zero-order valence-electron chi connectivity index (χ0n) is 11.5. The molecule has 1 aromatic heterocycles. The first-order chi connectivity index (χ1) is 9.56. The van der Waals surface area contributed by atoms with Crippen LogP contribution >= 0.6 is 0 Å². The number of carboxylic acid groups (broad SMARTS) is 1. The zero-order chi connectivity index (χ0) is 14.5. The summed E-state index contributed by atoms with van der Waals surface area (Å²) in [6.45, 7) is 4.38. The lowest BCUT2D eigenvalue weighted by molar-refractivity contribution is -0.136. The maximum Gasteiger partial charge on any atom is 0.307 e. The summed E-state index contributed by atoms with van der Waals surface area (Å²) in [6.07, 6.45) is 1.52. The van der Waals surface area contributed by atoms with Gasteiger partial charge in [-0.1, -0.05) is 12.1 Å². The lowest BCUT2D eigenvalue weighted by Gasteiger charge is -2.10. The molecule has 0 aliphatic heterocycles. The lowest BCUT2D eigenvalue weighted by atomic mass is 10.1. The Morgan fingerprint density at radius 1 is 1.35 bits per heavy atom. The maximum atomic E-state index is 10.6. The Hall–Kier alpha value is -2.37. The highest BCUT2D eigenvalue weighted by molar-refractivity contribution is 5.70. The Morgan fingerprint density at radius 2 is 2.05 bits per heavy atom. The summed E-state index contributed by atoms with van der Waals surface area (Å²) in [4.78, 5) is 14.7. The Labute approximate surface area is 117 Å². The van der Waals surface area contributed by atoms with E-state index in [4.69, 9.17) is 9.84 Å². The third-order valence-electron chi connectivity index (χ3n) is 2.78. The summed E-state index contributed by atoms with van der Waals surface area (Å²) in [5.74, 6) is 0.593. The number of aliphatic carboxylic acids is 1. The van der Waals surface area contributed by atoms with Gasteiger partial charge < -0.3 is 9.84 Å². The fourth-order valence-electron chi connectivity index (χ4n) is 1.83. The van der Waals surface area contributed by atoms with Crippen molar-refractivity contribution < 1.29 is 14.6 Å². The number of aromatic nitrogens is 3. The molecule has 0 saturated heterocycles. The summed E-state index contributed by atoms with van der Waals surface area (Å²) >= 11 is 0. The summed E-state index contributed by atoms with van der Waals surface area (Å²) in [7, 11) is 0. The number of hydrogen-bond acceptors (Lipinski definition) is 4. The monoisotopic (exact) mass is 275 g/mol. The third kappa shape index (κ3) is 3.57. The predicted molar refractivity (Wildman–Crippen MR) is 72.5 cm³/mol. The molecule has 0 unspecified atom stereocenters. The van der Waals surface area contributed by atoms with Crippen molar-refractivity contribution in [3.8, 4) is 5.75 Å². The highest BCUT2D eigenvalue weighted by Crippen LogP contribution is 2.15. The molecule has 0 atom stereocenters. The van der Waals surface area contributed by atoms with Gasteiger partial charge in [-0.05, 0) is 31.5 Å². The van der Waals surface area contributed by atoms with Gasteiger partial charge in [0, 0.05) is 6.04 Å². The SMILES string of the molecule is CC(C)n1ncnc1COc1ccc(CC(=O)O)cc1. The standard InChI is InChI=1S/C14H17N3O3/c1-10(2)17-13(15-9-16-17)8-20-12-5-3-11(4-6-12)7-14(18)19/h3-6,9-10H,7-8H2,1-2H3,(H,18,19). The molecule has 106 valence electrons. The lowest BCUT2D eigenvalue weighted by Crippen LogP contribution is -2.10. The van der Waals surface area contributed by atoms with Crippen molar-refractivity contribution in [3.05, 3.63) is 42.0 Å². The van der Waals surface area contributed by atoms with Gasteiger partial charge in [-0.2, -0.15) is 5.10 Å². The quantitative estimate of drug-likeness (QED) is 0.873. The highest BCUT2D eigenvalue weighted by atomic mass is 16.5. The molecule has 0 bridgehead atoms. The van der Waals surface area contributed by atoms with Crippen LogP contribution in [0.15, 0.2) is 30.6 Å². The first kappa shape index (κ1) is 14.0. The van der Waals surface area contributed by atoms with Gasteiger partial charge in [0.05, 0.1) is 6.42 Å². The zero-order valence-corrected chi connectivity index (χ0v) is 11.5. The number of rotatable bonds is 6. The largest absolute Gasteiger partial charge is 0.486 e. The van der Waals surface area contributed by atoms with E-state index in [9.17, 15) is 4.79 Å². The normalized spacial score (nSPS) is 10.8. The predicted octanol–water partition coefficient (Wildman–Crippen LogP) is 2.07. The number of carboxylic acids is 1. The third-order valence-corrected chi connectivity index (χ3v) is 2.78. The average molecular weight is 275 g/mol. The summed E-state index contributed by atoms with van der Waals surface area (Å²) in [6, 6.07) is 7.24. The molecule has 1 aromatic carbocycles. The van der Waals surface area contributed by atoms with Gasteiger partial charge in [0.25, 0.3) is 0 Å². The van der Waals surface area contributed by atoms with Crippen LogP contribution in [-0.4, -0.2) is 25.8 Å². The van der Waals surface area contributed by atoms with Gasteiger partial charge >= 0.3 is 5.97 Å². The van der Waals surface area contributed by atoms with Crippen LogP contribution in [0.5, 0.6) is 5.75 Å². The maximum absolute atomic E-state index is 10.6. The van der Waals surface area contributed by atoms with Crippen molar-refractivity contribution in [2.24, 2.45) is 0 Å². The van der Waals surface area contributed by atoms with Crippen LogP contribution in [0.4, 0.5) is 0 Å². The smallest absolute Gasteiger partial charge is 0.307 e. The van der Waals surface area contributed by atoms with Crippen LogP contribution < -0.4 is 4.74 Å². The molecule has 2 aromatic rings. The molecule has 0 fully saturated rings. The van der Waals surface area contributed by atoms with Crippen LogP contribution in [0.3, 0.4) is 0 Å². The molecule has 1 N–H and O–H groups in total. The van der Waals surface area contributed by atoms with Crippen LogP contribution in [0.2, 0.25) is 0 Å². The molecular formula is C14H17N3O3. The second-order valence-electron chi connectivity index (χ2n) is 4.72. The topological polar surface area (TPSA) is 77.2 Å². The Morgan fingerprint density at radius 3 is 2.65 bits per heavy atom. The van der Waals surface area contributed by atoms with E-state index in [2.05, 4.69) is 10.1 Å². The molecular weight excluding hydrogens is 258 g/mol. The highest BCUT2D eigenvalue weighted by Gasteiger charge is 2.08. The van der Waals surface area contributed by atoms with Gasteiger partial charge in [-0.25, -0.2) is 9.67 Å². The number of hydrogen-bond donors (Lipinski definition) is 1. The number of nitrogens with zero attached hydrogens (tertiary/aromatic N) is 3. The minimum absolute atomic E-state index is 0.0158. The molecule has 0 aliphatic carbocycles. The van der Waals surface area contributed by atoms with Crippen molar-refractivity contribution in [3.63, 3.8) is 0 Å². The van der Waals surface area contributed by atoms with E-state index in [1.807, 2.05) is 13.8 Å². The van der Waals surface area contributed by atoms with Crippen LogP contribution in [0, 0.1) is 0 Å². The van der Waals surface area contributed by atoms with Gasteiger partial charge in [0.15, 0.2) is 5.82 Å². The van der Waals surface area contributed by atoms with Gasteiger partial charge in [0.2, 0.25) is 0 Å². The number of benzene rings is 1. The van der Waals surface area contributed by atoms with E-state index in [-0.39, 0.29) is 12.5 Å². The first-order valence-corrected chi connectivity index (χ1v) is 6.38. The van der Waals surface area contributed by atoms with Crippen molar-refractivity contribution >= 4 is 5.97 Å². The summed E-state index contributed by atoms with van der Waals surface area (Å²) < 4.78 is 7.43. The van der Waals surface area contributed by atoms with Gasteiger partial charge in [-0.15, -0.1) is 0 Å². The Balaban J connectivity index is 1.97. The fourth-order valence-corrected chi connectivity index (χ4v) is 1.83. The molecule has 0 saturated carbocycles. The second kappa shape index (κ2) is 6.18. The van der Waals surface area contributed by atoms with Crippen LogP contribution in [0.1, 0.15) is 31.3 Å². The van der Waals surface area contributed by atoms with E-state index in [0.29, 0.717) is 12.4 Å². The molecule has 6 heteroatoms. The first-order valence-electron chi connectivity index (χ1n) is 6.38. The molecule has 0 amide bonds. The van der Waals surface area contributed by atoms with Crippen LogP contribution in [-0.2, 0) is 17.8 Å². The van der Waals surface area contributed by atoms with Crippen molar-refractivity contribution in [2.45, 2.75) is 32.9 Å². The van der Waals surface area contributed by atoms with E-state index in [1.165, 1.54) is 6.33 Å². The molecule has 0 radical (unpaired) electrons. The van der Waals surface area contributed by atoms with E-state index >= 15 is 0 Å². The Bertz CT molecular complexity index is 576. The van der Waals surface area contributed by atoms with Crippen molar-refractivity contribution in [2.75, 3.05) is 0 Å². The molecule has 6 nitrogen and oxygen atoms in total. The number of carbonyl (C=O) groups is 1. The van der Waals surface area contributed by atoms with E-state index in [0.717, 1.165) is 11.4 Å². The van der Waals surface area contributed by atoms with Crippen molar-refractivity contribution in [1.29, 1.82) is 0 Å². The fraction of sp³-hybridized carbons (Fsp3) is 0.357. The summed E-state index contributed by atoms with van der Waals surface area (Å²) in [5, 5.41) is 12.8. The second-order valence-corrected chi connectivity index (χ2v) is 4.72. The molecule has 0 aliphatic rings. The number of ether oxygens (including phenoxy) is 1. The molecule has 2 rings (SSSR count). The molecule has 0 spiro atoms. The molecule has 20 heavy (non-hydrogen) atoms. The van der Waals surface area contributed by atoms with E-state index in [1.54, 1.807) is 28.9 Å².